The zero-order valence-electron chi connectivity index (χ0n) is 14.8. The largest absolute Gasteiger partial charge is 0.355 e. The summed E-state index contributed by atoms with van der Waals surface area (Å²) in [7, 11) is -5.28. The van der Waals surface area contributed by atoms with Crippen LogP contribution in [0.1, 0.15) is 28.1 Å². The van der Waals surface area contributed by atoms with Gasteiger partial charge in [0.05, 0.1) is 11.1 Å². The van der Waals surface area contributed by atoms with E-state index in [0.29, 0.717) is 0 Å². The van der Waals surface area contributed by atoms with E-state index in [9.17, 15) is 26.4 Å². The van der Waals surface area contributed by atoms with Gasteiger partial charge in [-0.25, -0.2) is 4.79 Å². The van der Waals surface area contributed by atoms with Gasteiger partial charge >= 0.3 is 16.1 Å². The normalized spacial score (nSPS) is 13.2. The van der Waals surface area contributed by atoms with Crippen LogP contribution in [0.4, 0.5) is 0 Å². The standard InChI is InChI=1S/C8H9NO4S.C7H4O4S.CH5N.CH4/c1-9-8(10)6-4-2-3-5-7(6)14(11,12)13;8-7-5-3-1-2-4-6(5)12(9,10)11-7;1-2;/h2-5H,1H3,(H,9,10)(H,11,12,13);1-4H;2H2,1H3;1H4. The number of nitrogens with two attached hydrogens (primary N) is 1. The van der Waals surface area contributed by atoms with Gasteiger partial charge < -0.3 is 15.2 Å². The summed E-state index contributed by atoms with van der Waals surface area (Å²) in [6, 6.07) is 11.3. The fourth-order valence-electron chi connectivity index (χ4n) is 2.06. The third-order valence-corrected chi connectivity index (χ3v) is 5.38. The van der Waals surface area contributed by atoms with Crippen molar-refractivity contribution in [3.8, 4) is 0 Å². The van der Waals surface area contributed by atoms with Crippen LogP contribution >= 0.6 is 0 Å². The predicted octanol–water partition coefficient (Wildman–Crippen LogP) is 1.05. The van der Waals surface area contributed by atoms with E-state index in [-0.39, 0.29) is 28.3 Å². The Morgan fingerprint density at radius 3 is 2.10 bits per heavy atom. The lowest BCUT2D eigenvalue weighted by Crippen LogP contribution is -2.20. The minimum atomic E-state index is -4.35. The van der Waals surface area contributed by atoms with Gasteiger partial charge in [-0.15, -0.1) is 0 Å². The van der Waals surface area contributed by atoms with Crippen LogP contribution < -0.4 is 11.1 Å². The van der Waals surface area contributed by atoms with E-state index in [0.717, 1.165) is 0 Å². The lowest BCUT2D eigenvalue weighted by molar-refractivity contribution is 0.0762. The molecule has 3 rings (SSSR count). The van der Waals surface area contributed by atoms with E-state index in [4.69, 9.17) is 4.55 Å². The van der Waals surface area contributed by atoms with Crippen LogP contribution in [0.2, 0.25) is 0 Å². The molecule has 0 radical (unpaired) electrons. The molecule has 4 N–H and O–H groups in total. The Hall–Kier alpha value is -2.80. The number of amides is 1. The number of fused-ring (bicyclic) bond motifs is 1. The molecule has 2 aromatic rings. The second kappa shape index (κ2) is 10.7. The molecule has 1 heterocycles. The van der Waals surface area contributed by atoms with Crippen molar-refractivity contribution in [3.05, 3.63) is 59.7 Å². The topological polar surface area (TPSA) is 170 Å². The van der Waals surface area contributed by atoms with Crippen molar-refractivity contribution in [2.24, 2.45) is 5.73 Å². The van der Waals surface area contributed by atoms with Crippen LogP contribution in [-0.2, 0) is 24.4 Å². The summed E-state index contributed by atoms with van der Waals surface area (Å²) >= 11 is 0. The third-order valence-electron chi connectivity index (χ3n) is 3.20. The molecule has 0 saturated carbocycles. The summed E-state index contributed by atoms with van der Waals surface area (Å²) in [6.07, 6.45) is 0. The van der Waals surface area contributed by atoms with Crippen molar-refractivity contribution in [1.82, 2.24) is 5.32 Å². The SMILES string of the molecule is C.CN.CNC(=O)c1ccccc1S(=O)(=O)O.O=C1OS(=O)(=O)c2ccccc21. The summed E-state index contributed by atoms with van der Waals surface area (Å²) in [5.41, 5.74) is 4.54. The average Bonchev–Trinajstić information content (AvgIpc) is 2.92. The summed E-state index contributed by atoms with van der Waals surface area (Å²) in [6.45, 7) is 0. The summed E-state index contributed by atoms with van der Waals surface area (Å²) in [5, 5.41) is 2.28. The molecule has 0 atom stereocenters. The van der Waals surface area contributed by atoms with Crippen molar-refractivity contribution >= 4 is 32.1 Å². The van der Waals surface area contributed by atoms with E-state index in [1.165, 1.54) is 50.5 Å². The molecular weight excluding hydrogens is 424 g/mol. The van der Waals surface area contributed by atoms with Gasteiger partial charge in [0.1, 0.15) is 9.79 Å². The van der Waals surface area contributed by atoms with Crippen LogP contribution in [0.25, 0.3) is 0 Å². The number of nitrogens with one attached hydrogen (secondary N) is 1. The van der Waals surface area contributed by atoms with E-state index in [1.54, 1.807) is 12.1 Å². The Morgan fingerprint density at radius 2 is 1.59 bits per heavy atom. The van der Waals surface area contributed by atoms with E-state index >= 15 is 0 Å². The first kappa shape index (κ1) is 26.2. The molecule has 160 valence electrons. The fraction of sp³-hybridized carbons (Fsp3) is 0.176. The van der Waals surface area contributed by atoms with Gasteiger partial charge in [-0.3, -0.25) is 9.35 Å². The molecule has 0 fully saturated rings. The predicted molar refractivity (Wildman–Crippen MR) is 106 cm³/mol. The molecule has 29 heavy (non-hydrogen) atoms. The van der Waals surface area contributed by atoms with Crippen LogP contribution in [0.15, 0.2) is 58.3 Å². The summed E-state index contributed by atoms with van der Waals surface area (Å²) in [5.74, 6) is -1.36. The van der Waals surface area contributed by atoms with E-state index < -0.39 is 32.1 Å². The lowest BCUT2D eigenvalue weighted by Gasteiger charge is -2.04. The number of carbonyl (C=O) groups excluding carboxylic acids is 2. The van der Waals surface area contributed by atoms with Gasteiger partial charge in [-0.05, 0) is 31.3 Å². The minimum Gasteiger partial charge on any atom is -0.355 e. The minimum absolute atomic E-state index is 0. The Morgan fingerprint density at radius 1 is 1.07 bits per heavy atom. The number of benzene rings is 2. The highest BCUT2D eigenvalue weighted by Gasteiger charge is 2.34. The Balaban J connectivity index is 0.000000486. The number of rotatable bonds is 2. The monoisotopic (exact) mass is 446 g/mol. The van der Waals surface area contributed by atoms with Crippen LogP contribution in [0, 0.1) is 0 Å². The zero-order valence-corrected chi connectivity index (χ0v) is 16.5. The quantitative estimate of drug-likeness (QED) is 0.450. The molecule has 2 aromatic carbocycles. The van der Waals surface area contributed by atoms with Gasteiger partial charge in [-0.1, -0.05) is 31.7 Å². The molecule has 0 spiro atoms. The van der Waals surface area contributed by atoms with Crippen molar-refractivity contribution < 1.29 is 35.2 Å². The Kier molecular flexibility index (Phi) is 9.63. The molecule has 10 nitrogen and oxygen atoms in total. The highest BCUT2D eigenvalue weighted by Crippen LogP contribution is 2.26. The Bertz CT molecular complexity index is 1080. The molecule has 0 aliphatic carbocycles. The second-order valence-corrected chi connectivity index (χ2v) is 7.78. The number of hydrogen-bond donors (Lipinski definition) is 3. The maximum Gasteiger partial charge on any atom is 0.355 e. The van der Waals surface area contributed by atoms with Gasteiger partial charge in [0.25, 0.3) is 16.0 Å². The first-order valence-electron chi connectivity index (χ1n) is 7.52. The molecule has 0 unspecified atom stereocenters. The summed E-state index contributed by atoms with van der Waals surface area (Å²) < 4.78 is 56.7. The number of hydrogen-bond acceptors (Lipinski definition) is 8. The van der Waals surface area contributed by atoms with Crippen LogP contribution in [0.3, 0.4) is 0 Å². The molecule has 0 aromatic heterocycles. The smallest absolute Gasteiger partial charge is 0.355 e. The van der Waals surface area contributed by atoms with Crippen LogP contribution in [0.5, 0.6) is 0 Å². The zero-order chi connectivity index (χ0) is 21.5. The fourth-order valence-corrected chi connectivity index (χ4v) is 3.79. The average molecular weight is 447 g/mol. The van der Waals surface area contributed by atoms with E-state index in [2.05, 4.69) is 15.2 Å². The third kappa shape index (κ3) is 6.35. The van der Waals surface area contributed by atoms with E-state index in [1.807, 2.05) is 0 Å². The Labute approximate surface area is 169 Å². The van der Waals surface area contributed by atoms with Crippen molar-refractivity contribution in [1.29, 1.82) is 0 Å². The van der Waals surface area contributed by atoms with Crippen molar-refractivity contribution in [2.75, 3.05) is 14.1 Å². The maximum absolute atomic E-state index is 11.2. The molecule has 0 bridgehead atoms. The second-order valence-electron chi connectivity index (χ2n) is 4.87. The molecule has 0 saturated heterocycles. The molecule has 1 aliphatic heterocycles. The van der Waals surface area contributed by atoms with Crippen LogP contribution in [-0.4, -0.2) is 47.4 Å². The van der Waals surface area contributed by atoms with Crippen molar-refractivity contribution in [2.45, 2.75) is 17.2 Å². The summed E-state index contributed by atoms with van der Waals surface area (Å²) in [4.78, 5) is 21.6. The molecule has 1 amide bonds. The molecular formula is C17H22N2O8S2. The highest BCUT2D eigenvalue weighted by atomic mass is 32.2. The van der Waals surface area contributed by atoms with Gasteiger partial charge in [-0.2, -0.15) is 16.8 Å². The maximum atomic E-state index is 11.2. The molecule has 1 aliphatic rings. The van der Waals surface area contributed by atoms with Gasteiger partial charge in [0, 0.05) is 7.05 Å². The van der Waals surface area contributed by atoms with Gasteiger partial charge in [0.15, 0.2) is 0 Å². The van der Waals surface area contributed by atoms with Crippen molar-refractivity contribution in [3.63, 3.8) is 0 Å². The highest BCUT2D eigenvalue weighted by molar-refractivity contribution is 7.87. The first-order valence-corrected chi connectivity index (χ1v) is 10.4. The van der Waals surface area contributed by atoms with Gasteiger partial charge in [0.2, 0.25) is 0 Å². The lowest BCUT2D eigenvalue weighted by atomic mass is 10.2. The first-order chi connectivity index (χ1) is 13.1. The number of carbonyl (C=O) groups is 2. The molecule has 12 heteroatoms.